The van der Waals surface area contributed by atoms with Crippen LogP contribution >= 0.6 is 0 Å². The molecule has 4 rings (SSSR count). The number of carboxylic acids is 1. The Morgan fingerprint density at radius 3 is 2.34 bits per heavy atom. The van der Waals surface area contributed by atoms with Gasteiger partial charge in [0.15, 0.2) is 0 Å². The summed E-state index contributed by atoms with van der Waals surface area (Å²) in [5.74, 6) is -1.25. The normalized spacial score (nSPS) is 14.2. The molecule has 0 unspecified atom stereocenters. The lowest BCUT2D eigenvalue weighted by molar-refractivity contribution is -0.118. The van der Waals surface area contributed by atoms with Crippen LogP contribution in [-0.2, 0) is 4.79 Å². The van der Waals surface area contributed by atoms with Crippen molar-refractivity contribution in [2.24, 2.45) is 0 Å². The molecule has 29 heavy (non-hydrogen) atoms. The maximum absolute atomic E-state index is 13.4. The zero-order valence-corrected chi connectivity index (χ0v) is 16.0. The Morgan fingerprint density at radius 1 is 1.03 bits per heavy atom. The summed E-state index contributed by atoms with van der Waals surface area (Å²) < 4.78 is 1.46. The number of rotatable bonds is 4. The Balaban J connectivity index is 2.04. The predicted octanol–water partition coefficient (Wildman–Crippen LogP) is 2.28. The number of piperazine rings is 1. The van der Waals surface area contributed by atoms with Gasteiger partial charge in [-0.15, -0.1) is 0 Å². The monoisotopic (exact) mass is 391 g/mol. The number of carbonyl (C=O) groups excluding carboxylic acids is 1. The van der Waals surface area contributed by atoms with E-state index in [4.69, 9.17) is 0 Å². The number of hydrogen-bond donors (Lipinski definition) is 1. The van der Waals surface area contributed by atoms with Gasteiger partial charge in [0, 0.05) is 37.3 Å². The molecule has 0 bridgehead atoms. The Bertz CT molecular complexity index is 1150. The van der Waals surface area contributed by atoms with E-state index in [1.807, 2.05) is 48.2 Å². The number of nitrogens with zero attached hydrogens (tertiary/aromatic N) is 3. The molecule has 0 saturated carbocycles. The quantitative estimate of drug-likeness (QED) is 0.690. The fourth-order valence-electron chi connectivity index (χ4n) is 3.90. The third-order valence-corrected chi connectivity index (χ3v) is 5.31. The van der Waals surface area contributed by atoms with Gasteiger partial charge in [-0.2, -0.15) is 0 Å². The van der Waals surface area contributed by atoms with Crippen LogP contribution in [0.2, 0.25) is 0 Å². The molecular formula is C22H21N3O4. The molecule has 1 saturated heterocycles. The fourth-order valence-corrected chi connectivity index (χ4v) is 3.90. The van der Waals surface area contributed by atoms with Crippen molar-refractivity contribution in [2.45, 2.75) is 6.92 Å². The van der Waals surface area contributed by atoms with Crippen molar-refractivity contribution in [1.82, 2.24) is 9.47 Å². The lowest BCUT2D eigenvalue weighted by Crippen LogP contribution is -2.47. The van der Waals surface area contributed by atoms with E-state index < -0.39 is 11.5 Å². The summed E-state index contributed by atoms with van der Waals surface area (Å²) in [5, 5.41) is 10.7. The molecule has 7 heteroatoms. The number of benzene rings is 2. The minimum atomic E-state index is -1.25. The largest absolute Gasteiger partial charge is 0.477 e. The topological polar surface area (TPSA) is 82.9 Å². The average molecular weight is 391 g/mol. The van der Waals surface area contributed by atoms with Gasteiger partial charge < -0.3 is 14.9 Å². The summed E-state index contributed by atoms with van der Waals surface area (Å²) >= 11 is 0. The predicted molar refractivity (Wildman–Crippen MR) is 111 cm³/mol. The maximum Gasteiger partial charge on any atom is 0.343 e. The molecule has 148 valence electrons. The second kappa shape index (κ2) is 7.43. The van der Waals surface area contributed by atoms with E-state index in [0.717, 1.165) is 12.0 Å². The first-order chi connectivity index (χ1) is 14.0. The Morgan fingerprint density at radius 2 is 1.72 bits per heavy atom. The summed E-state index contributed by atoms with van der Waals surface area (Å²) in [5.41, 5.74) is 1.87. The summed E-state index contributed by atoms with van der Waals surface area (Å²) in [6, 6.07) is 14.7. The van der Waals surface area contributed by atoms with Gasteiger partial charge in [0.1, 0.15) is 5.56 Å². The summed E-state index contributed by atoms with van der Waals surface area (Å²) in [6.45, 7) is 3.84. The molecule has 0 radical (unpaired) electrons. The number of carbonyl (C=O) groups is 2. The summed E-state index contributed by atoms with van der Waals surface area (Å²) in [4.78, 5) is 40.2. The van der Waals surface area contributed by atoms with E-state index in [0.29, 0.717) is 48.5 Å². The van der Waals surface area contributed by atoms with Crippen LogP contribution in [-0.4, -0.2) is 53.1 Å². The van der Waals surface area contributed by atoms with Crippen LogP contribution in [0.5, 0.6) is 0 Å². The van der Waals surface area contributed by atoms with Crippen LogP contribution in [0.3, 0.4) is 0 Å². The standard InChI is InChI=1S/C22H21N3O4/c1-15-7-8-18-17(13-15)20(24-11-9-23(14-26)10-12-24)19(22(28)29)21(27)25(18)16-5-3-2-4-6-16/h2-8,13-14H,9-12H2,1H3,(H,28,29). The first-order valence-corrected chi connectivity index (χ1v) is 9.43. The first-order valence-electron chi connectivity index (χ1n) is 9.43. The molecule has 3 aromatic rings. The minimum Gasteiger partial charge on any atom is -0.477 e. The summed E-state index contributed by atoms with van der Waals surface area (Å²) in [6.07, 6.45) is 0.797. The highest BCUT2D eigenvalue weighted by atomic mass is 16.4. The molecule has 0 atom stereocenters. The van der Waals surface area contributed by atoms with Crippen molar-refractivity contribution in [3.8, 4) is 5.69 Å². The second-order valence-corrected chi connectivity index (χ2v) is 7.15. The molecule has 2 heterocycles. The van der Waals surface area contributed by atoms with Crippen molar-refractivity contribution in [1.29, 1.82) is 0 Å². The van der Waals surface area contributed by atoms with Crippen molar-refractivity contribution in [2.75, 3.05) is 31.1 Å². The second-order valence-electron chi connectivity index (χ2n) is 7.15. The van der Waals surface area contributed by atoms with Gasteiger partial charge in [-0.1, -0.05) is 29.8 Å². The van der Waals surface area contributed by atoms with Crippen LogP contribution in [0.15, 0.2) is 53.3 Å². The zero-order valence-electron chi connectivity index (χ0n) is 16.0. The number of aromatic carboxylic acids is 1. The Kier molecular flexibility index (Phi) is 4.80. The van der Waals surface area contributed by atoms with E-state index in [2.05, 4.69) is 0 Å². The van der Waals surface area contributed by atoms with Crippen LogP contribution in [0.1, 0.15) is 15.9 Å². The van der Waals surface area contributed by atoms with Crippen molar-refractivity contribution >= 4 is 29.0 Å². The van der Waals surface area contributed by atoms with Crippen LogP contribution in [0.25, 0.3) is 16.6 Å². The molecule has 1 amide bonds. The number of para-hydroxylation sites is 1. The number of aromatic nitrogens is 1. The van der Waals surface area contributed by atoms with E-state index in [1.54, 1.807) is 17.0 Å². The molecule has 2 aromatic carbocycles. The maximum atomic E-state index is 13.4. The SMILES string of the molecule is Cc1ccc2c(c1)c(N1CCN(C=O)CC1)c(C(=O)O)c(=O)n2-c1ccccc1. The van der Waals surface area contributed by atoms with Gasteiger partial charge in [-0.25, -0.2) is 4.79 Å². The van der Waals surface area contributed by atoms with Crippen LogP contribution in [0, 0.1) is 6.92 Å². The molecule has 1 N–H and O–H groups in total. The molecule has 1 aliphatic heterocycles. The highest BCUT2D eigenvalue weighted by molar-refractivity contribution is 6.05. The minimum absolute atomic E-state index is 0.244. The number of hydrogen-bond acceptors (Lipinski definition) is 4. The van der Waals surface area contributed by atoms with Gasteiger partial charge in [-0.3, -0.25) is 14.2 Å². The van der Waals surface area contributed by atoms with Crippen LogP contribution < -0.4 is 10.5 Å². The number of carboxylic acid groups (broad SMARTS) is 1. The van der Waals surface area contributed by atoms with E-state index in [-0.39, 0.29) is 5.56 Å². The van der Waals surface area contributed by atoms with Gasteiger partial charge in [-0.05, 0) is 31.2 Å². The van der Waals surface area contributed by atoms with E-state index in [9.17, 15) is 19.5 Å². The Hall–Kier alpha value is -3.61. The lowest BCUT2D eigenvalue weighted by atomic mass is 10.0. The first kappa shape index (κ1) is 18.7. The highest BCUT2D eigenvalue weighted by Gasteiger charge is 2.28. The molecular weight excluding hydrogens is 370 g/mol. The molecule has 1 aliphatic rings. The summed E-state index contributed by atoms with van der Waals surface area (Å²) in [7, 11) is 0. The van der Waals surface area contributed by atoms with Gasteiger partial charge in [0.25, 0.3) is 5.56 Å². The molecule has 0 aliphatic carbocycles. The molecule has 0 spiro atoms. The number of amides is 1. The number of fused-ring (bicyclic) bond motifs is 1. The molecule has 1 aromatic heterocycles. The Labute approximate surface area is 167 Å². The van der Waals surface area contributed by atoms with Crippen LogP contribution in [0.4, 0.5) is 5.69 Å². The van der Waals surface area contributed by atoms with E-state index in [1.165, 1.54) is 4.57 Å². The van der Waals surface area contributed by atoms with Crippen molar-refractivity contribution in [3.05, 3.63) is 70.0 Å². The zero-order chi connectivity index (χ0) is 20.5. The molecule has 7 nitrogen and oxygen atoms in total. The smallest absolute Gasteiger partial charge is 0.343 e. The molecule has 1 fully saturated rings. The highest BCUT2D eigenvalue weighted by Crippen LogP contribution is 2.32. The lowest BCUT2D eigenvalue weighted by Gasteiger charge is -2.35. The van der Waals surface area contributed by atoms with Gasteiger partial charge >= 0.3 is 5.97 Å². The average Bonchev–Trinajstić information content (AvgIpc) is 2.73. The van der Waals surface area contributed by atoms with Crippen molar-refractivity contribution in [3.63, 3.8) is 0 Å². The fraction of sp³-hybridized carbons (Fsp3) is 0.227. The van der Waals surface area contributed by atoms with Gasteiger partial charge in [0.2, 0.25) is 6.41 Å². The third kappa shape index (κ3) is 3.24. The van der Waals surface area contributed by atoms with Crippen molar-refractivity contribution < 1.29 is 14.7 Å². The number of anilines is 1. The van der Waals surface area contributed by atoms with E-state index >= 15 is 0 Å². The van der Waals surface area contributed by atoms with Gasteiger partial charge in [0.05, 0.1) is 11.2 Å². The number of pyridine rings is 1. The third-order valence-electron chi connectivity index (χ3n) is 5.31. The number of aryl methyl sites for hydroxylation is 1.